The van der Waals surface area contributed by atoms with Gasteiger partial charge < -0.3 is 0 Å². The Labute approximate surface area is 53.1 Å². The Hall–Kier alpha value is 0. The van der Waals surface area contributed by atoms with Gasteiger partial charge in [0.15, 0.2) is 0 Å². The number of hydrogen-bond acceptors (Lipinski definition) is 0. The first-order valence-electron chi connectivity index (χ1n) is 2.37. The molecule has 0 bridgehead atoms. The van der Waals surface area contributed by atoms with E-state index in [4.69, 9.17) is 0 Å². The van der Waals surface area contributed by atoms with Gasteiger partial charge in [-0.3, -0.25) is 0 Å². The van der Waals surface area contributed by atoms with E-state index in [9.17, 15) is 0 Å². The maximum Gasteiger partial charge on any atom is 0.0362 e. The van der Waals surface area contributed by atoms with E-state index >= 15 is 0 Å². The van der Waals surface area contributed by atoms with Crippen LogP contribution in [0.5, 0.6) is 0 Å². The number of allylic oxidation sites excluding steroid dienone is 1. The zero-order valence-electron chi connectivity index (χ0n) is 4.66. The number of rotatable bonds is 1. The van der Waals surface area contributed by atoms with Crippen LogP contribution in [0, 0.1) is 0 Å². The second kappa shape index (κ2) is 4.17. The van der Waals surface area contributed by atoms with Crippen LogP contribution < -0.4 is 0 Å². The van der Waals surface area contributed by atoms with Crippen molar-refractivity contribution >= 4 is 15.9 Å². The van der Waals surface area contributed by atoms with Crippen molar-refractivity contribution in [3.63, 3.8) is 0 Å². The highest BCUT2D eigenvalue weighted by Crippen LogP contribution is 2.05. The Morgan fingerprint density at radius 2 is 2.43 bits per heavy atom. The standard InChI is InChI=1S/C6H9Br/c1-3-5-6(7)4-2/h3H,4H2,1-2H3. The zero-order chi connectivity index (χ0) is 5.70. The highest BCUT2D eigenvalue weighted by molar-refractivity contribution is 9.11. The van der Waals surface area contributed by atoms with E-state index in [-0.39, 0.29) is 0 Å². The summed E-state index contributed by atoms with van der Waals surface area (Å²) in [5.41, 5.74) is 3.00. The van der Waals surface area contributed by atoms with Crippen molar-refractivity contribution in [2.24, 2.45) is 0 Å². The van der Waals surface area contributed by atoms with Gasteiger partial charge in [-0.05, 0) is 35.4 Å². The summed E-state index contributed by atoms with van der Waals surface area (Å²) in [6.07, 6.45) is 2.93. The Morgan fingerprint density at radius 1 is 1.86 bits per heavy atom. The topological polar surface area (TPSA) is 0 Å². The fourth-order valence-electron chi connectivity index (χ4n) is 0.259. The van der Waals surface area contributed by atoms with E-state index in [1.165, 1.54) is 0 Å². The van der Waals surface area contributed by atoms with Crippen molar-refractivity contribution in [1.82, 2.24) is 0 Å². The first kappa shape index (κ1) is 7.00. The molecular weight excluding hydrogens is 152 g/mol. The summed E-state index contributed by atoms with van der Waals surface area (Å²) in [6.45, 7) is 4.04. The molecule has 0 rings (SSSR count). The van der Waals surface area contributed by atoms with Gasteiger partial charge >= 0.3 is 0 Å². The molecule has 0 spiro atoms. The normalized spacial score (nSPS) is 7.29. The quantitative estimate of drug-likeness (QED) is 0.518. The molecule has 0 atom stereocenters. The molecule has 0 N–H and O–H groups in total. The summed E-state index contributed by atoms with van der Waals surface area (Å²) in [7, 11) is 0. The van der Waals surface area contributed by atoms with Gasteiger partial charge in [-0.2, -0.15) is 0 Å². The van der Waals surface area contributed by atoms with Gasteiger partial charge in [-0.1, -0.05) is 6.92 Å². The third-order valence-electron chi connectivity index (χ3n) is 0.611. The molecular formula is C6H9Br. The fraction of sp³-hybridized carbons (Fsp3) is 0.500. The Bertz CT molecular complexity index is 96.7. The molecule has 1 heteroatoms. The van der Waals surface area contributed by atoms with Crippen molar-refractivity contribution < 1.29 is 0 Å². The maximum absolute atomic E-state index is 3.31. The van der Waals surface area contributed by atoms with E-state index in [2.05, 4.69) is 28.6 Å². The van der Waals surface area contributed by atoms with Crippen molar-refractivity contribution in [3.05, 3.63) is 16.3 Å². The Kier molecular flexibility index (Phi) is 4.17. The predicted octanol–water partition coefficient (Wildman–Crippen LogP) is 2.85. The van der Waals surface area contributed by atoms with E-state index < -0.39 is 0 Å². The number of halogens is 1. The number of hydrogen-bond donors (Lipinski definition) is 0. The zero-order valence-corrected chi connectivity index (χ0v) is 6.25. The average molecular weight is 161 g/mol. The van der Waals surface area contributed by atoms with Gasteiger partial charge in [-0.15, -0.1) is 5.73 Å². The minimum absolute atomic E-state index is 1.03. The van der Waals surface area contributed by atoms with E-state index in [1.807, 2.05) is 13.0 Å². The molecule has 0 heterocycles. The van der Waals surface area contributed by atoms with Crippen LogP contribution in [0.4, 0.5) is 0 Å². The maximum atomic E-state index is 3.31. The lowest BCUT2D eigenvalue weighted by molar-refractivity contribution is 1.21. The summed E-state index contributed by atoms with van der Waals surface area (Å²) < 4.78 is 1.13. The molecule has 0 aliphatic rings. The summed E-state index contributed by atoms with van der Waals surface area (Å²) in [5, 5.41) is 0. The van der Waals surface area contributed by atoms with E-state index in [0.29, 0.717) is 0 Å². The highest BCUT2D eigenvalue weighted by Gasteiger charge is 1.76. The van der Waals surface area contributed by atoms with Crippen molar-refractivity contribution in [1.29, 1.82) is 0 Å². The Morgan fingerprint density at radius 3 is 2.57 bits per heavy atom. The molecule has 0 fully saturated rings. The second-order valence-corrected chi connectivity index (χ2v) is 2.15. The molecule has 0 aromatic carbocycles. The molecule has 0 saturated heterocycles. The third-order valence-corrected chi connectivity index (χ3v) is 1.40. The monoisotopic (exact) mass is 160 g/mol. The molecule has 0 saturated carbocycles. The molecule has 0 aromatic heterocycles. The van der Waals surface area contributed by atoms with Crippen LogP contribution >= 0.6 is 15.9 Å². The van der Waals surface area contributed by atoms with Crippen LogP contribution in [0.2, 0.25) is 0 Å². The van der Waals surface area contributed by atoms with Gasteiger partial charge in [0.2, 0.25) is 0 Å². The molecule has 0 nitrogen and oxygen atoms in total. The van der Waals surface area contributed by atoms with Crippen LogP contribution in [-0.4, -0.2) is 0 Å². The summed E-state index contributed by atoms with van der Waals surface area (Å²) in [6, 6.07) is 0. The van der Waals surface area contributed by atoms with Crippen LogP contribution in [0.25, 0.3) is 0 Å². The lowest BCUT2D eigenvalue weighted by Crippen LogP contribution is -1.55. The average Bonchev–Trinajstić information content (AvgIpc) is 1.68. The molecule has 0 aliphatic heterocycles. The van der Waals surface area contributed by atoms with Crippen molar-refractivity contribution in [3.8, 4) is 0 Å². The van der Waals surface area contributed by atoms with Gasteiger partial charge in [0, 0.05) is 4.48 Å². The smallest absolute Gasteiger partial charge is 0.0362 e. The summed E-state index contributed by atoms with van der Waals surface area (Å²) in [5.74, 6) is 0. The van der Waals surface area contributed by atoms with Crippen LogP contribution in [0.15, 0.2) is 16.3 Å². The highest BCUT2D eigenvalue weighted by atomic mass is 79.9. The SMILES string of the molecule is CC=C=C(Br)CC. The predicted molar refractivity (Wildman–Crippen MR) is 36.5 cm³/mol. The largest absolute Gasteiger partial charge is 0.114 e. The lowest BCUT2D eigenvalue weighted by Gasteiger charge is -1.78. The first-order chi connectivity index (χ1) is 3.31. The molecule has 0 radical (unpaired) electrons. The van der Waals surface area contributed by atoms with Gasteiger partial charge in [-0.25, -0.2) is 0 Å². The fourth-order valence-corrected chi connectivity index (χ4v) is 0.488. The minimum atomic E-state index is 1.03. The minimum Gasteiger partial charge on any atom is -0.114 e. The summed E-state index contributed by atoms with van der Waals surface area (Å²) in [4.78, 5) is 0. The first-order valence-corrected chi connectivity index (χ1v) is 3.16. The van der Waals surface area contributed by atoms with Gasteiger partial charge in [0.1, 0.15) is 0 Å². The molecule has 0 unspecified atom stereocenters. The molecule has 0 aromatic rings. The summed E-state index contributed by atoms with van der Waals surface area (Å²) >= 11 is 3.31. The van der Waals surface area contributed by atoms with Crippen LogP contribution in [0.3, 0.4) is 0 Å². The van der Waals surface area contributed by atoms with E-state index in [1.54, 1.807) is 0 Å². The Balaban J connectivity index is 3.74. The van der Waals surface area contributed by atoms with Crippen molar-refractivity contribution in [2.45, 2.75) is 20.3 Å². The van der Waals surface area contributed by atoms with Crippen LogP contribution in [-0.2, 0) is 0 Å². The molecule has 0 amide bonds. The van der Waals surface area contributed by atoms with Gasteiger partial charge in [0.25, 0.3) is 0 Å². The van der Waals surface area contributed by atoms with E-state index in [0.717, 1.165) is 10.9 Å². The van der Waals surface area contributed by atoms with Gasteiger partial charge in [0.05, 0.1) is 0 Å². The molecule has 0 aliphatic carbocycles. The molecule has 7 heavy (non-hydrogen) atoms. The second-order valence-electron chi connectivity index (χ2n) is 1.19. The molecule has 40 valence electrons. The van der Waals surface area contributed by atoms with Crippen molar-refractivity contribution in [2.75, 3.05) is 0 Å². The third kappa shape index (κ3) is 3.84. The lowest BCUT2D eigenvalue weighted by atomic mass is 10.4. The van der Waals surface area contributed by atoms with Crippen LogP contribution in [0.1, 0.15) is 20.3 Å².